The number of nitrogens with one attached hydrogen (secondary N) is 1. The maximum absolute atomic E-state index is 9.01. The maximum atomic E-state index is 9.01. The molecular weight excluding hydrogens is 388 g/mol. The number of anilines is 2. The van der Waals surface area contributed by atoms with E-state index in [0.717, 1.165) is 10.6 Å². The van der Waals surface area contributed by atoms with Crippen molar-refractivity contribution in [2.75, 3.05) is 5.32 Å². The molecule has 0 aliphatic heterocycles. The van der Waals surface area contributed by atoms with E-state index < -0.39 is 154 Å². The molecule has 0 aliphatic rings. The van der Waals surface area contributed by atoms with Gasteiger partial charge in [0.2, 0.25) is 0 Å². The smallest absolute Gasteiger partial charge is 0.0645 e. The molecule has 1 heterocycles. The Balaban J connectivity index is 1.80. The molecule has 0 bridgehead atoms. The van der Waals surface area contributed by atoms with Crippen molar-refractivity contribution in [3.05, 3.63) is 127 Å². The second-order valence-corrected chi connectivity index (χ2v) is 6.46. The van der Waals surface area contributed by atoms with E-state index in [1.807, 2.05) is 0 Å². The number of fused-ring (bicyclic) bond motifs is 3. The van der Waals surface area contributed by atoms with Crippen molar-refractivity contribution in [1.29, 1.82) is 0 Å². The first kappa shape index (κ1) is 7.11. The zero-order valence-electron chi connectivity index (χ0n) is 36.0. The zero-order chi connectivity index (χ0) is 38.7. The predicted molar refractivity (Wildman–Crippen MR) is 136 cm³/mol. The summed E-state index contributed by atoms with van der Waals surface area (Å²) in [5.41, 5.74) is -3.67. The normalized spacial score (nSPS) is 19.9. The second kappa shape index (κ2) is 7.75. The van der Waals surface area contributed by atoms with Gasteiger partial charge in [-0.1, -0.05) is 84.6 Å². The average molecular weight is 431 g/mol. The molecule has 6 aromatic rings. The summed E-state index contributed by atoms with van der Waals surface area (Å²) in [5.74, 6) is 0. The third-order valence-corrected chi connectivity index (χ3v) is 4.62. The summed E-state index contributed by atoms with van der Waals surface area (Å²) in [4.78, 5) is 0. The lowest BCUT2D eigenvalue weighted by Gasteiger charge is -2.14. The molecular formula is C30H22N2. The van der Waals surface area contributed by atoms with E-state index in [1.54, 1.807) is 0 Å². The number of aromatic nitrogens is 1. The topological polar surface area (TPSA) is 17.0 Å². The monoisotopic (exact) mass is 430 g/mol. The highest BCUT2D eigenvalue weighted by atomic mass is 15.0. The van der Waals surface area contributed by atoms with Gasteiger partial charge in [0.25, 0.3) is 0 Å². The van der Waals surface area contributed by atoms with Gasteiger partial charge in [-0.25, -0.2) is 0 Å². The molecule has 1 N–H and O–H groups in total. The molecule has 0 spiro atoms. The highest BCUT2D eigenvalue weighted by Crippen LogP contribution is 2.36. The molecule has 0 unspecified atom stereocenters. The molecule has 0 fully saturated rings. The van der Waals surface area contributed by atoms with Crippen LogP contribution in [-0.4, -0.2) is 4.57 Å². The van der Waals surface area contributed by atoms with Crippen molar-refractivity contribution < 1.29 is 27.4 Å². The zero-order valence-corrected chi connectivity index (χ0v) is 16.0. The fraction of sp³-hybridized carbons (Fsp3) is 0. The van der Waals surface area contributed by atoms with Gasteiger partial charge in [-0.05, 0) is 47.9 Å². The molecule has 2 heteroatoms. The third-order valence-electron chi connectivity index (χ3n) is 4.62. The van der Waals surface area contributed by atoms with Crippen molar-refractivity contribution in [1.82, 2.24) is 4.57 Å². The maximum Gasteiger partial charge on any atom is 0.0645 e. The summed E-state index contributed by atoms with van der Waals surface area (Å²) in [7, 11) is 0. The Morgan fingerprint density at radius 1 is 0.531 bits per heavy atom. The van der Waals surface area contributed by atoms with Crippen molar-refractivity contribution >= 4 is 33.2 Å². The van der Waals surface area contributed by atoms with Crippen LogP contribution >= 0.6 is 0 Å². The van der Waals surface area contributed by atoms with Crippen LogP contribution in [0.5, 0.6) is 0 Å². The van der Waals surface area contributed by atoms with Crippen molar-refractivity contribution in [3.63, 3.8) is 0 Å². The standard InChI is InChI=1S/C30H22N2/c1-2-10-23(11-3-1)31-24-20-18-22(19-21-24)25-12-4-7-15-28(25)32-29-16-8-5-13-26(29)27-14-6-9-17-30(27)32/h1-21,31H/i1D,2D,3D,4D,5D,6D,7D,8D,9D,10D,11D,12D,13D,14D,15D,16D,17D,18D,19D,20D. The van der Waals surface area contributed by atoms with Gasteiger partial charge < -0.3 is 9.88 Å². The molecule has 0 saturated carbocycles. The van der Waals surface area contributed by atoms with Gasteiger partial charge in [-0.3, -0.25) is 0 Å². The van der Waals surface area contributed by atoms with Gasteiger partial charge in [-0.15, -0.1) is 0 Å². The second-order valence-electron chi connectivity index (χ2n) is 6.46. The predicted octanol–water partition coefficient (Wildman–Crippen LogP) is 8.19. The first-order chi connectivity index (χ1) is 24.2. The summed E-state index contributed by atoms with van der Waals surface area (Å²) in [6.45, 7) is 0. The third kappa shape index (κ3) is 3.14. The van der Waals surface area contributed by atoms with Crippen LogP contribution in [0.4, 0.5) is 11.4 Å². The lowest BCUT2D eigenvalue weighted by Crippen LogP contribution is -1.97. The van der Waals surface area contributed by atoms with Crippen LogP contribution in [0.25, 0.3) is 38.6 Å². The number of benzene rings is 5. The highest BCUT2D eigenvalue weighted by Gasteiger charge is 2.14. The Morgan fingerprint density at radius 2 is 1.16 bits per heavy atom. The van der Waals surface area contributed by atoms with Crippen molar-refractivity contribution in [2.24, 2.45) is 0 Å². The number of hydrogen-bond donors (Lipinski definition) is 1. The largest absolute Gasteiger partial charge is 0.356 e. The van der Waals surface area contributed by atoms with Gasteiger partial charge in [0, 0.05) is 27.7 Å². The number of nitrogens with zero attached hydrogens (tertiary/aromatic N) is 1. The molecule has 0 saturated heterocycles. The van der Waals surface area contributed by atoms with E-state index in [0.29, 0.717) is 0 Å². The Labute approximate surface area is 215 Å². The van der Waals surface area contributed by atoms with Gasteiger partial charge in [0.05, 0.1) is 44.1 Å². The summed E-state index contributed by atoms with van der Waals surface area (Å²) in [6, 6.07) is -14.2. The molecule has 0 radical (unpaired) electrons. The van der Waals surface area contributed by atoms with Crippen LogP contribution in [0, 0.1) is 0 Å². The number of para-hydroxylation sites is 4. The van der Waals surface area contributed by atoms with Crippen LogP contribution in [0.1, 0.15) is 27.4 Å². The molecule has 152 valence electrons. The minimum Gasteiger partial charge on any atom is -0.356 e. The quantitative estimate of drug-likeness (QED) is 0.298. The minimum atomic E-state index is -0.874. The molecule has 0 aliphatic carbocycles. The fourth-order valence-corrected chi connectivity index (χ4v) is 3.29. The summed E-state index contributed by atoms with van der Waals surface area (Å²) in [6.07, 6.45) is 0. The molecule has 5 aromatic carbocycles. The molecule has 0 amide bonds. The van der Waals surface area contributed by atoms with Gasteiger partial charge in [-0.2, -0.15) is 0 Å². The van der Waals surface area contributed by atoms with Crippen molar-refractivity contribution in [3.8, 4) is 16.8 Å². The summed E-state index contributed by atoms with van der Waals surface area (Å²) in [5, 5.41) is 1.74. The first-order valence-corrected chi connectivity index (χ1v) is 9.25. The van der Waals surface area contributed by atoms with E-state index in [-0.39, 0.29) is 16.5 Å². The van der Waals surface area contributed by atoms with Gasteiger partial charge >= 0.3 is 0 Å². The molecule has 2 nitrogen and oxygen atoms in total. The van der Waals surface area contributed by atoms with Crippen LogP contribution in [0.3, 0.4) is 0 Å². The molecule has 0 atom stereocenters. The molecule has 1 aromatic heterocycles. The summed E-state index contributed by atoms with van der Waals surface area (Å²) < 4.78 is 171. The van der Waals surface area contributed by atoms with E-state index in [2.05, 4.69) is 5.32 Å². The minimum absolute atomic E-state index is 0.375. The van der Waals surface area contributed by atoms with Crippen molar-refractivity contribution in [2.45, 2.75) is 0 Å². The lowest BCUT2D eigenvalue weighted by molar-refractivity contribution is 1.18. The SMILES string of the molecule is [2H]c1cc(Nc2c([2H])c([2H])c([2H])c([2H])c2[2H])c([2H])c([2H])c1-c1c([2H])c([2H])c([2H])c([2H])c1-n1c2c([2H])c([2H])c([2H])c([2H])c2c2c([2H])c([2H])c([2H])c([2H])c21. The van der Waals surface area contributed by atoms with E-state index >= 15 is 0 Å². The average Bonchev–Trinajstić information content (AvgIpc) is 3.47. The fourth-order valence-electron chi connectivity index (χ4n) is 3.29. The Bertz CT molecular complexity index is 2500. The van der Waals surface area contributed by atoms with Crippen LogP contribution in [0.2, 0.25) is 0 Å². The number of hydrogen-bond acceptors (Lipinski definition) is 1. The first-order valence-electron chi connectivity index (χ1n) is 19.2. The molecule has 32 heavy (non-hydrogen) atoms. The lowest BCUT2D eigenvalue weighted by atomic mass is 10.0. The Hall–Kier alpha value is -4.30. The molecule has 6 rings (SSSR count). The van der Waals surface area contributed by atoms with Gasteiger partial charge in [0.1, 0.15) is 0 Å². The van der Waals surface area contributed by atoms with E-state index in [1.165, 1.54) is 0 Å². The van der Waals surface area contributed by atoms with E-state index in [9.17, 15) is 0 Å². The number of rotatable bonds is 4. The Kier molecular flexibility index (Phi) is 1.72. The van der Waals surface area contributed by atoms with E-state index in [4.69, 9.17) is 27.4 Å². The summed E-state index contributed by atoms with van der Waals surface area (Å²) >= 11 is 0. The van der Waals surface area contributed by atoms with Crippen LogP contribution < -0.4 is 5.32 Å². The van der Waals surface area contributed by atoms with Crippen LogP contribution in [0.15, 0.2) is 127 Å². The highest BCUT2D eigenvalue weighted by molar-refractivity contribution is 6.09. The van der Waals surface area contributed by atoms with Crippen LogP contribution in [-0.2, 0) is 0 Å². The Morgan fingerprint density at radius 3 is 1.91 bits per heavy atom. The van der Waals surface area contributed by atoms with Gasteiger partial charge in [0.15, 0.2) is 0 Å².